The van der Waals surface area contributed by atoms with Crippen LogP contribution in [0.5, 0.6) is 0 Å². The standard InChI is InChI=1S/2C25H31.C2H7Si.2ClH.Zr/c2*1-7-8-9-19-15-20-10-11-23(25(4,5)6)24(22(20)16-19)21-13-17(2)12-18(3)14-21;1-3-2;;;/h2*10-16H,7-9H2,1-6H3;3H,1-2H3;2*1H;/q;;;;;+2/p-2. The average Bonchev–Trinajstić information content (AvgIpc) is 3.66. The van der Waals surface area contributed by atoms with Gasteiger partial charge in [-0.05, 0) is 0 Å². The Hall–Kier alpha value is -1.96. The van der Waals surface area contributed by atoms with Crippen molar-refractivity contribution in [2.24, 2.45) is 0 Å². The van der Waals surface area contributed by atoms with Crippen molar-refractivity contribution < 1.29 is 15.6 Å². The van der Waals surface area contributed by atoms with Gasteiger partial charge in [-0.2, -0.15) is 0 Å². The summed E-state index contributed by atoms with van der Waals surface area (Å²) in [5.41, 5.74) is 21.9. The zero-order chi connectivity index (χ0) is 41.1. The minimum atomic E-state index is -5.03. The number of unbranched alkanes of at least 4 members (excludes halogenated alkanes) is 2. The topological polar surface area (TPSA) is 0 Å². The Balaban J connectivity index is 1.71. The van der Waals surface area contributed by atoms with Crippen molar-refractivity contribution >= 4 is 35.1 Å². The fourth-order valence-corrected chi connectivity index (χ4v) is 42.0. The molecule has 2 unspecified atom stereocenters. The third kappa shape index (κ3) is 7.78. The SMILES string of the molecule is CCCCC1=Cc2c(ccc(C(C)(C)C)c2-c2cc(C)cc(C)c2)[CH]1[Zr]([Cl])([Cl])([CH]1C(CCCC)=Cc2c1ccc(C(C)(C)C)c2-c1cc(C)cc(C)c1)[SiH](C)C. The summed E-state index contributed by atoms with van der Waals surface area (Å²) in [4.78, 5) is 0. The van der Waals surface area contributed by atoms with Crippen LogP contribution in [0.2, 0.25) is 13.1 Å². The van der Waals surface area contributed by atoms with Crippen LogP contribution in [-0.4, -0.2) is 5.92 Å². The first-order valence-electron chi connectivity index (χ1n) is 21.6. The molecule has 2 atom stereocenters. The predicted octanol–water partition coefficient (Wildman–Crippen LogP) is 16.8. The summed E-state index contributed by atoms with van der Waals surface area (Å²) in [6.45, 7) is 32.8. The predicted molar refractivity (Wildman–Crippen MR) is 251 cm³/mol. The number of hydrogen-bond acceptors (Lipinski definition) is 0. The Morgan fingerprint density at radius 1 is 0.554 bits per heavy atom. The fraction of sp³-hybridized carbons (Fsp3) is 0.462. The molecule has 2 aliphatic rings. The molecule has 0 saturated carbocycles. The van der Waals surface area contributed by atoms with Gasteiger partial charge >= 0.3 is 353 Å². The molecule has 0 N–H and O–H groups in total. The number of benzene rings is 4. The molecule has 299 valence electrons. The van der Waals surface area contributed by atoms with Gasteiger partial charge in [-0.25, -0.2) is 0 Å². The van der Waals surface area contributed by atoms with Gasteiger partial charge in [0.05, 0.1) is 0 Å². The van der Waals surface area contributed by atoms with Crippen molar-refractivity contribution in [2.75, 3.05) is 0 Å². The third-order valence-corrected chi connectivity index (χ3v) is 64.9. The van der Waals surface area contributed by atoms with Crippen LogP contribution in [0.1, 0.15) is 157 Å². The van der Waals surface area contributed by atoms with Gasteiger partial charge in [0, 0.05) is 0 Å². The first-order valence-corrected chi connectivity index (χ1v) is 37.9. The molecule has 0 saturated heterocycles. The van der Waals surface area contributed by atoms with Gasteiger partial charge in [-0.3, -0.25) is 0 Å². The normalized spacial score (nSPS) is 17.8. The second-order valence-electron chi connectivity index (χ2n) is 20.1. The van der Waals surface area contributed by atoms with Crippen molar-refractivity contribution in [2.45, 2.75) is 153 Å². The number of hydrogen-bond donors (Lipinski definition) is 0. The van der Waals surface area contributed by atoms with E-state index in [2.05, 4.69) is 169 Å². The van der Waals surface area contributed by atoms with E-state index in [-0.39, 0.29) is 18.1 Å². The van der Waals surface area contributed by atoms with Crippen LogP contribution in [0, 0.1) is 27.7 Å². The molecular formula is C52H69Cl2SiZr. The van der Waals surface area contributed by atoms with Crippen molar-refractivity contribution in [3.8, 4) is 22.3 Å². The van der Waals surface area contributed by atoms with Crippen molar-refractivity contribution in [1.82, 2.24) is 0 Å². The van der Waals surface area contributed by atoms with E-state index in [0.717, 1.165) is 38.5 Å². The summed E-state index contributed by atoms with van der Waals surface area (Å²) in [5.74, 6) is -1.73. The van der Waals surface area contributed by atoms with E-state index >= 15 is 0 Å². The van der Waals surface area contributed by atoms with Gasteiger partial charge in [-0.15, -0.1) is 0 Å². The molecule has 0 heterocycles. The van der Waals surface area contributed by atoms with Crippen LogP contribution >= 0.6 is 17.0 Å². The second kappa shape index (κ2) is 15.9. The van der Waals surface area contributed by atoms with E-state index < -0.39 is 21.5 Å². The number of halogens is 2. The van der Waals surface area contributed by atoms with E-state index in [1.807, 2.05) is 0 Å². The van der Waals surface area contributed by atoms with Crippen LogP contribution in [0.25, 0.3) is 34.4 Å². The van der Waals surface area contributed by atoms with Crippen LogP contribution < -0.4 is 0 Å². The Labute approximate surface area is 350 Å². The van der Waals surface area contributed by atoms with E-state index in [0.29, 0.717) is 0 Å². The van der Waals surface area contributed by atoms with Gasteiger partial charge in [0.2, 0.25) is 0 Å². The van der Waals surface area contributed by atoms with Crippen LogP contribution in [-0.2, 0) is 26.4 Å². The Morgan fingerprint density at radius 2 is 0.893 bits per heavy atom. The second-order valence-corrected chi connectivity index (χ2v) is 62.6. The Kier molecular flexibility index (Phi) is 12.4. The van der Waals surface area contributed by atoms with E-state index in [9.17, 15) is 0 Å². The van der Waals surface area contributed by atoms with Gasteiger partial charge in [0.25, 0.3) is 0 Å². The van der Waals surface area contributed by atoms with Crippen LogP contribution in [0.15, 0.2) is 71.8 Å². The molecule has 6 rings (SSSR count). The molecule has 4 aromatic carbocycles. The number of rotatable bonds is 11. The fourth-order valence-electron chi connectivity index (χ4n) is 10.5. The van der Waals surface area contributed by atoms with Gasteiger partial charge in [-0.1, -0.05) is 0 Å². The van der Waals surface area contributed by atoms with Crippen LogP contribution in [0.3, 0.4) is 0 Å². The summed E-state index contributed by atoms with van der Waals surface area (Å²) in [6, 6.07) is 24.0. The molecule has 0 fully saturated rings. The van der Waals surface area contributed by atoms with Crippen molar-refractivity contribution in [3.05, 3.63) is 127 Å². The van der Waals surface area contributed by atoms with E-state index in [4.69, 9.17) is 17.0 Å². The number of fused-ring (bicyclic) bond motifs is 2. The summed E-state index contributed by atoms with van der Waals surface area (Å²) in [6.07, 6.45) is 11.9. The minimum absolute atomic E-state index is 0.0277. The molecule has 0 amide bonds. The number of allylic oxidation sites excluding steroid dienone is 2. The molecule has 0 bridgehead atoms. The molecule has 0 radical (unpaired) electrons. The van der Waals surface area contributed by atoms with E-state index in [1.165, 1.54) is 89.0 Å². The number of aryl methyl sites for hydroxylation is 4. The average molecular weight is 884 g/mol. The van der Waals surface area contributed by atoms with E-state index in [1.54, 1.807) is 0 Å². The molecule has 0 spiro atoms. The van der Waals surface area contributed by atoms with Crippen molar-refractivity contribution in [3.63, 3.8) is 0 Å². The molecule has 0 aliphatic heterocycles. The monoisotopic (exact) mass is 881 g/mol. The quantitative estimate of drug-likeness (QED) is 0.132. The summed E-state index contributed by atoms with van der Waals surface area (Å²) >= 11 is -5.03. The molecule has 0 nitrogen and oxygen atoms in total. The zero-order valence-electron chi connectivity index (χ0n) is 37.2. The summed E-state index contributed by atoms with van der Waals surface area (Å²) < 4.78 is 0.166. The Morgan fingerprint density at radius 3 is 1.18 bits per heavy atom. The van der Waals surface area contributed by atoms with Gasteiger partial charge in [0.1, 0.15) is 0 Å². The molecular weight excluding hydrogens is 815 g/mol. The van der Waals surface area contributed by atoms with Gasteiger partial charge < -0.3 is 0 Å². The molecule has 2 aliphatic carbocycles. The summed E-state index contributed by atoms with van der Waals surface area (Å²) in [5, 5.41) is 0. The first kappa shape index (κ1) is 43.6. The van der Waals surface area contributed by atoms with Crippen LogP contribution in [0.4, 0.5) is 0 Å². The third-order valence-electron chi connectivity index (χ3n) is 13.1. The molecule has 4 heteroatoms. The molecule has 4 aromatic rings. The molecule has 0 aromatic heterocycles. The maximum absolute atomic E-state index is 9.06. The van der Waals surface area contributed by atoms with Crippen molar-refractivity contribution in [1.29, 1.82) is 0 Å². The first-order chi connectivity index (χ1) is 26.1. The zero-order valence-corrected chi connectivity index (χ0v) is 42.3. The van der Waals surface area contributed by atoms with Gasteiger partial charge in [0.15, 0.2) is 0 Å². The summed E-state index contributed by atoms with van der Waals surface area (Å²) in [7, 11) is 18.1. The maximum atomic E-state index is 9.06. The molecule has 56 heavy (non-hydrogen) atoms. The Bertz CT molecular complexity index is 2030.